The number of nitrogens with one attached hydrogen (secondary N) is 1. The van der Waals surface area contributed by atoms with Crippen molar-refractivity contribution < 1.29 is 4.74 Å². The summed E-state index contributed by atoms with van der Waals surface area (Å²) in [5, 5.41) is 7.93. The Morgan fingerprint density at radius 2 is 2.21 bits per heavy atom. The molecule has 6 heteroatoms. The maximum atomic E-state index is 7.53. The first-order chi connectivity index (χ1) is 9.08. The number of rotatable bonds is 4. The summed E-state index contributed by atoms with van der Waals surface area (Å²) in [5.41, 5.74) is 6.82. The van der Waals surface area contributed by atoms with Crippen LogP contribution in [-0.4, -0.2) is 10.8 Å². The molecule has 19 heavy (non-hydrogen) atoms. The zero-order valence-corrected chi connectivity index (χ0v) is 12.2. The van der Waals surface area contributed by atoms with Gasteiger partial charge in [0.1, 0.15) is 18.2 Å². The zero-order chi connectivity index (χ0) is 13.8. The van der Waals surface area contributed by atoms with E-state index in [4.69, 9.17) is 27.5 Å². The second kappa shape index (κ2) is 6.04. The normalized spacial score (nSPS) is 10.2. The highest BCUT2D eigenvalue weighted by atomic mass is 79.9. The van der Waals surface area contributed by atoms with Crippen LogP contribution in [0.5, 0.6) is 5.75 Å². The Morgan fingerprint density at radius 1 is 1.42 bits per heavy atom. The van der Waals surface area contributed by atoms with Crippen LogP contribution in [0.25, 0.3) is 0 Å². The summed E-state index contributed by atoms with van der Waals surface area (Å²) < 4.78 is 6.54. The second-order valence-electron chi connectivity index (χ2n) is 3.83. The van der Waals surface area contributed by atoms with Crippen LogP contribution in [0.4, 0.5) is 0 Å². The third-order valence-corrected chi connectivity index (χ3v) is 3.15. The van der Waals surface area contributed by atoms with E-state index in [-0.39, 0.29) is 5.84 Å². The molecule has 1 heterocycles. The van der Waals surface area contributed by atoms with Crippen molar-refractivity contribution in [2.24, 2.45) is 5.73 Å². The Balaban J connectivity index is 2.20. The first-order valence-electron chi connectivity index (χ1n) is 5.43. The Labute approximate surface area is 124 Å². The van der Waals surface area contributed by atoms with E-state index in [2.05, 4.69) is 20.9 Å². The van der Waals surface area contributed by atoms with Crippen LogP contribution in [0, 0.1) is 5.41 Å². The van der Waals surface area contributed by atoms with Crippen LogP contribution in [0.1, 0.15) is 11.1 Å². The van der Waals surface area contributed by atoms with Gasteiger partial charge < -0.3 is 10.5 Å². The largest absolute Gasteiger partial charge is 0.488 e. The summed E-state index contributed by atoms with van der Waals surface area (Å²) in [5.74, 6) is 0.368. The van der Waals surface area contributed by atoms with Gasteiger partial charge in [-0.3, -0.25) is 10.4 Å². The molecule has 0 aliphatic carbocycles. The number of nitrogens with two attached hydrogens (primary N) is 1. The molecule has 0 aliphatic heterocycles. The van der Waals surface area contributed by atoms with Crippen molar-refractivity contribution in [3.8, 4) is 5.75 Å². The molecule has 2 rings (SSSR count). The monoisotopic (exact) mass is 339 g/mol. The van der Waals surface area contributed by atoms with E-state index in [9.17, 15) is 0 Å². The molecule has 1 aromatic heterocycles. The van der Waals surface area contributed by atoms with Gasteiger partial charge in [0, 0.05) is 22.4 Å². The predicted octanol–water partition coefficient (Wildman–Crippen LogP) is 3.36. The molecule has 0 saturated heterocycles. The molecule has 0 aliphatic rings. The van der Waals surface area contributed by atoms with Crippen LogP contribution >= 0.6 is 27.5 Å². The lowest BCUT2D eigenvalue weighted by Crippen LogP contribution is -2.13. The average molecular weight is 341 g/mol. The third kappa shape index (κ3) is 3.45. The van der Waals surface area contributed by atoms with Gasteiger partial charge in [0.2, 0.25) is 0 Å². The maximum Gasteiger partial charge on any atom is 0.132 e. The molecule has 0 radical (unpaired) electrons. The summed E-state index contributed by atoms with van der Waals surface area (Å²) in [7, 11) is 0. The molecule has 4 nitrogen and oxygen atoms in total. The van der Waals surface area contributed by atoms with Crippen LogP contribution in [0.15, 0.2) is 41.1 Å². The van der Waals surface area contributed by atoms with Gasteiger partial charge in [0.25, 0.3) is 0 Å². The fraction of sp³-hybridized carbons (Fsp3) is 0.0769. The highest BCUT2D eigenvalue weighted by Gasteiger charge is 2.11. The smallest absolute Gasteiger partial charge is 0.132 e. The number of nitrogens with zero attached hydrogens (tertiary/aromatic N) is 1. The van der Waals surface area contributed by atoms with Gasteiger partial charge in [-0.25, -0.2) is 0 Å². The Bertz CT molecular complexity index is 619. The van der Waals surface area contributed by atoms with Crippen molar-refractivity contribution >= 4 is 33.4 Å². The van der Waals surface area contributed by atoms with Crippen LogP contribution in [0.2, 0.25) is 5.02 Å². The quantitative estimate of drug-likeness (QED) is 0.662. The SMILES string of the molecule is N=C(N)c1c(Cl)cccc1OCc1cncc(Br)c1. The summed E-state index contributed by atoms with van der Waals surface area (Å²) in [6, 6.07) is 7.06. The lowest BCUT2D eigenvalue weighted by molar-refractivity contribution is 0.305. The topological polar surface area (TPSA) is 72.0 Å². The van der Waals surface area contributed by atoms with Gasteiger partial charge in [0.15, 0.2) is 0 Å². The van der Waals surface area contributed by atoms with Gasteiger partial charge in [-0.05, 0) is 34.1 Å². The number of ether oxygens (including phenoxy) is 1. The Hall–Kier alpha value is -1.59. The first kappa shape index (κ1) is 13.8. The number of nitrogen functional groups attached to an aromatic ring is 1. The van der Waals surface area contributed by atoms with Crippen molar-refractivity contribution in [2.45, 2.75) is 6.61 Å². The van der Waals surface area contributed by atoms with Gasteiger partial charge >= 0.3 is 0 Å². The van der Waals surface area contributed by atoms with Crippen molar-refractivity contribution in [3.63, 3.8) is 0 Å². The number of hydrogen-bond donors (Lipinski definition) is 2. The lowest BCUT2D eigenvalue weighted by Gasteiger charge is -2.11. The highest BCUT2D eigenvalue weighted by Crippen LogP contribution is 2.26. The fourth-order valence-electron chi connectivity index (χ4n) is 1.58. The van der Waals surface area contributed by atoms with Crippen LogP contribution < -0.4 is 10.5 Å². The second-order valence-corrected chi connectivity index (χ2v) is 5.15. The standard InChI is InChI=1S/C13H11BrClN3O/c14-9-4-8(5-18-6-9)7-19-11-3-1-2-10(15)12(11)13(16)17/h1-6H,7H2,(H3,16,17). The molecule has 0 bridgehead atoms. The number of aromatic nitrogens is 1. The minimum absolute atomic E-state index is 0.118. The third-order valence-electron chi connectivity index (χ3n) is 2.40. The molecular formula is C13H11BrClN3O. The molecule has 0 unspecified atom stereocenters. The fourth-order valence-corrected chi connectivity index (χ4v) is 2.26. The molecule has 98 valence electrons. The van der Waals surface area contributed by atoms with Gasteiger partial charge in [-0.2, -0.15) is 0 Å². The van der Waals surface area contributed by atoms with Gasteiger partial charge in [0.05, 0.1) is 10.6 Å². The number of hydrogen-bond acceptors (Lipinski definition) is 3. The first-order valence-corrected chi connectivity index (χ1v) is 6.60. The highest BCUT2D eigenvalue weighted by molar-refractivity contribution is 9.10. The van der Waals surface area contributed by atoms with Crippen molar-refractivity contribution in [3.05, 3.63) is 57.3 Å². The molecule has 0 fully saturated rings. The number of amidine groups is 1. The molecule has 0 spiro atoms. The predicted molar refractivity (Wildman–Crippen MR) is 78.7 cm³/mol. The van der Waals surface area contributed by atoms with E-state index in [0.717, 1.165) is 10.0 Å². The summed E-state index contributed by atoms with van der Waals surface area (Å²) in [6.45, 7) is 0.326. The van der Waals surface area contributed by atoms with Crippen LogP contribution in [0.3, 0.4) is 0 Å². The molecule has 3 N–H and O–H groups in total. The average Bonchev–Trinajstić information content (AvgIpc) is 2.36. The molecule has 0 saturated carbocycles. The Kier molecular flexibility index (Phi) is 4.39. The zero-order valence-electron chi connectivity index (χ0n) is 9.86. The summed E-state index contributed by atoms with van der Waals surface area (Å²) in [6.07, 6.45) is 3.41. The van der Waals surface area contributed by atoms with E-state index >= 15 is 0 Å². The number of pyridine rings is 1. The van der Waals surface area contributed by atoms with E-state index < -0.39 is 0 Å². The van der Waals surface area contributed by atoms with Crippen LogP contribution in [-0.2, 0) is 6.61 Å². The molecule has 0 atom stereocenters. The molecular weight excluding hydrogens is 330 g/mol. The van der Waals surface area contributed by atoms with E-state index in [1.165, 1.54) is 0 Å². The van der Waals surface area contributed by atoms with Gasteiger partial charge in [-0.1, -0.05) is 17.7 Å². The van der Waals surface area contributed by atoms with E-state index in [1.807, 2.05) is 6.07 Å². The van der Waals surface area contributed by atoms with Crippen molar-refractivity contribution in [1.29, 1.82) is 5.41 Å². The summed E-state index contributed by atoms with van der Waals surface area (Å²) >= 11 is 9.36. The van der Waals surface area contributed by atoms with E-state index in [1.54, 1.807) is 30.6 Å². The molecule has 2 aromatic rings. The minimum atomic E-state index is -0.118. The van der Waals surface area contributed by atoms with E-state index in [0.29, 0.717) is 22.9 Å². The Morgan fingerprint density at radius 3 is 2.89 bits per heavy atom. The lowest BCUT2D eigenvalue weighted by atomic mass is 10.2. The molecule has 0 amide bonds. The minimum Gasteiger partial charge on any atom is -0.488 e. The number of benzene rings is 1. The summed E-state index contributed by atoms with van der Waals surface area (Å²) in [4.78, 5) is 4.05. The molecule has 1 aromatic carbocycles. The van der Waals surface area contributed by atoms with Crippen molar-refractivity contribution in [2.75, 3.05) is 0 Å². The maximum absolute atomic E-state index is 7.53. The number of halogens is 2. The van der Waals surface area contributed by atoms with Crippen molar-refractivity contribution in [1.82, 2.24) is 4.98 Å². The van der Waals surface area contributed by atoms with Gasteiger partial charge in [-0.15, -0.1) is 0 Å².